The Labute approximate surface area is 105 Å². The van der Waals surface area contributed by atoms with Crippen LogP contribution in [-0.2, 0) is 6.42 Å². The van der Waals surface area contributed by atoms with Crippen molar-refractivity contribution < 1.29 is 13.9 Å². The van der Waals surface area contributed by atoms with E-state index in [4.69, 9.17) is 19.6 Å². The van der Waals surface area contributed by atoms with E-state index in [1.165, 1.54) is 6.39 Å². The Balaban J connectivity index is 1.98. The number of aromatic nitrogens is 1. The fourth-order valence-corrected chi connectivity index (χ4v) is 2.01. The molecule has 3 rings (SSSR count). The third kappa shape index (κ3) is 1.93. The van der Waals surface area contributed by atoms with Crippen molar-refractivity contribution in [3.8, 4) is 22.8 Å². The van der Waals surface area contributed by atoms with Crippen LogP contribution in [0, 0.1) is 0 Å². The first-order valence-corrected chi connectivity index (χ1v) is 5.91. The van der Waals surface area contributed by atoms with Crippen LogP contribution >= 0.6 is 0 Å². The molecule has 5 heteroatoms. The summed E-state index contributed by atoms with van der Waals surface area (Å²) in [4.78, 5) is 4.24. The lowest BCUT2D eigenvalue weighted by Crippen LogP contribution is -2.15. The Bertz CT molecular complexity index is 551. The molecule has 0 amide bonds. The Morgan fingerprint density at radius 2 is 2.00 bits per heavy atom. The summed E-state index contributed by atoms with van der Waals surface area (Å²) >= 11 is 0. The Kier molecular flexibility index (Phi) is 2.90. The van der Waals surface area contributed by atoms with Crippen LogP contribution in [0.4, 0.5) is 0 Å². The van der Waals surface area contributed by atoms with E-state index in [9.17, 15) is 0 Å². The Morgan fingerprint density at radius 1 is 1.17 bits per heavy atom. The maximum Gasteiger partial charge on any atom is 0.181 e. The third-order valence-corrected chi connectivity index (χ3v) is 2.83. The van der Waals surface area contributed by atoms with Gasteiger partial charge < -0.3 is 19.6 Å². The van der Waals surface area contributed by atoms with Crippen LogP contribution in [0.15, 0.2) is 29.0 Å². The molecule has 0 unspecified atom stereocenters. The highest BCUT2D eigenvalue weighted by Crippen LogP contribution is 2.35. The van der Waals surface area contributed by atoms with Gasteiger partial charge in [-0.1, -0.05) is 0 Å². The molecule has 0 saturated carbocycles. The van der Waals surface area contributed by atoms with Gasteiger partial charge in [0.15, 0.2) is 17.9 Å². The zero-order valence-corrected chi connectivity index (χ0v) is 9.89. The number of hydrogen-bond acceptors (Lipinski definition) is 5. The smallest absolute Gasteiger partial charge is 0.181 e. The van der Waals surface area contributed by atoms with Gasteiger partial charge in [-0.25, -0.2) is 4.98 Å². The second kappa shape index (κ2) is 4.70. The van der Waals surface area contributed by atoms with Gasteiger partial charge in [-0.15, -0.1) is 0 Å². The average molecular weight is 246 g/mol. The number of benzene rings is 1. The second-order valence-electron chi connectivity index (χ2n) is 4.02. The first-order valence-electron chi connectivity index (χ1n) is 5.91. The fourth-order valence-electron chi connectivity index (χ4n) is 2.01. The van der Waals surface area contributed by atoms with Crippen LogP contribution in [-0.4, -0.2) is 24.7 Å². The van der Waals surface area contributed by atoms with Crippen molar-refractivity contribution >= 4 is 0 Å². The minimum absolute atomic E-state index is 0.534. The van der Waals surface area contributed by atoms with Crippen molar-refractivity contribution in [3.05, 3.63) is 30.4 Å². The maximum atomic E-state index is 5.55. The van der Waals surface area contributed by atoms with Crippen LogP contribution in [0.5, 0.6) is 11.5 Å². The van der Waals surface area contributed by atoms with Crippen LogP contribution in [0.2, 0.25) is 0 Å². The number of hydrogen-bond donors (Lipinski definition) is 1. The molecule has 0 aliphatic carbocycles. The number of rotatable bonds is 3. The molecule has 0 fully saturated rings. The summed E-state index contributed by atoms with van der Waals surface area (Å²) in [5, 5.41) is 0. The first kappa shape index (κ1) is 11.1. The van der Waals surface area contributed by atoms with E-state index in [1.807, 2.05) is 18.2 Å². The van der Waals surface area contributed by atoms with Crippen LogP contribution < -0.4 is 15.2 Å². The number of fused-ring (bicyclic) bond motifs is 1. The van der Waals surface area contributed by atoms with Crippen molar-refractivity contribution in [2.45, 2.75) is 6.42 Å². The average Bonchev–Trinajstić information content (AvgIpc) is 2.87. The summed E-state index contributed by atoms with van der Waals surface area (Å²) in [6, 6.07) is 5.77. The zero-order valence-electron chi connectivity index (χ0n) is 9.89. The Hall–Kier alpha value is -2.01. The highest BCUT2D eigenvalue weighted by Gasteiger charge is 2.15. The highest BCUT2D eigenvalue weighted by atomic mass is 16.6. The lowest BCUT2D eigenvalue weighted by Gasteiger charge is -2.18. The highest BCUT2D eigenvalue weighted by molar-refractivity contribution is 5.65. The molecule has 1 aromatic heterocycles. The monoisotopic (exact) mass is 246 g/mol. The number of nitrogens with two attached hydrogens (primary N) is 1. The summed E-state index contributed by atoms with van der Waals surface area (Å²) < 4.78 is 16.4. The summed E-state index contributed by atoms with van der Waals surface area (Å²) in [6.07, 6.45) is 2.11. The SMILES string of the molecule is NCCc1ocnc1-c1ccc2c(c1)OCCO2. The van der Waals surface area contributed by atoms with Gasteiger partial charge in [0.05, 0.1) is 0 Å². The molecule has 5 nitrogen and oxygen atoms in total. The largest absolute Gasteiger partial charge is 0.486 e. The minimum Gasteiger partial charge on any atom is -0.486 e. The number of oxazole rings is 1. The Morgan fingerprint density at radius 3 is 2.83 bits per heavy atom. The van der Waals surface area contributed by atoms with Gasteiger partial charge in [0.1, 0.15) is 24.7 Å². The zero-order chi connectivity index (χ0) is 12.4. The molecule has 0 saturated heterocycles. The van der Waals surface area contributed by atoms with Crippen molar-refractivity contribution in [2.24, 2.45) is 5.73 Å². The van der Waals surface area contributed by atoms with Gasteiger partial charge in [-0.05, 0) is 24.7 Å². The summed E-state index contributed by atoms with van der Waals surface area (Å²) in [5.74, 6) is 2.32. The molecular weight excluding hydrogens is 232 g/mol. The van der Waals surface area contributed by atoms with Gasteiger partial charge in [-0.3, -0.25) is 0 Å². The van der Waals surface area contributed by atoms with Gasteiger partial charge >= 0.3 is 0 Å². The molecular formula is C13H14N2O3. The molecule has 2 N–H and O–H groups in total. The molecule has 94 valence electrons. The molecule has 0 bridgehead atoms. The van der Waals surface area contributed by atoms with Crippen LogP contribution in [0.3, 0.4) is 0 Å². The van der Waals surface area contributed by atoms with Crippen molar-refractivity contribution in [1.82, 2.24) is 4.98 Å². The van der Waals surface area contributed by atoms with Crippen molar-refractivity contribution in [1.29, 1.82) is 0 Å². The van der Waals surface area contributed by atoms with Crippen molar-refractivity contribution in [3.63, 3.8) is 0 Å². The summed E-state index contributed by atoms with van der Waals surface area (Å²) in [5.41, 5.74) is 7.32. The normalized spacial score (nSPS) is 13.6. The van der Waals surface area contributed by atoms with Gasteiger partial charge in [0.2, 0.25) is 0 Å². The quantitative estimate of drug-likeness (QED) is 0.891. The van der Waals surface area contributed by atoms with E-state index in [0.29, 0.717) is 26.2 Å². The number of nitrogens with zero attached hydrogens (tertiary/aromatic N) is 1. The molecule has 1 aliphatic rings. The predicted octanol–water partition coefficient (Wildman–Crippen LogP) is 1.61. The van der Waals surface area contributed by atoms with Gasteiger partial charge in [-0.2, -0.15) is 0 Å². The molecule has 2 aromatic rings. The molecule has 1 aromatic carbocycles. The standard InChI is InChI=1S/C13H14N2O3/c14-4-3-11-13(15-8-18-11)9-1-2-10-12(7-9)17-6-5-16-10/h1-2,7-8H,3-6,14H2. The van der Waals surface area contributed by atoms with E-state index in [-0.39, 0.29) is 0 Å². The lowest BCUT2D eigenvalue weighted by atomic mass is 10.1. The molecule has 0 radical (unpaired) electrons. The molecule has 1 aliphatic heterocycles. The van der Waals surface area contributed by atoms with Crippen molar-refractivity contribution in [2.75, 3.05) is 19.8 Å². The summed E-state index contributed by atoms with van der Waals surface area (Å²) in [6.45, 7) is 1.70. The maximum absolute atomic E-state index is 5.55. The van der Waals surface area contributed by atoms with Crippen LogP contribution in [0.1, 0.15) is 5.76 Å². The first-order chi connectivity index (χ1) is 8.88. The van der Waals surface area contributed by atoms with E-state index in [2.05, 4.69) is 4.98 Å². The summed E-state index contributed by atoms with van der Waals surface area (Å²) in [7, 11) is 0. The minimum atomic E-state index is 0.534. The van der Waals surface area contributed by atoms with E-state index in [0.717, 1.165) is 28.5 Å². The number of ether oxygens (including phenoxy) is 2. The molecule has 0 atom stereocenters. The van der Waals surface area contributed by atoms with E-state index in [1.54, 1.807) is 0 Å². The molecule has 0 spiro atoms. The topological polar surface area (TPSA) is 70.5 Å². The molecule has 18 heavy (non-hydrogen) atoms. The van der Waals surface area contributed by atoms with Crippen LogP contribution in [0.25, 0.3) is 11.3 Å². The van der Waals surface area contributed by atoms with E-state index < -0.39 is 0 Å². The lowest BCUT2D eigenvalue weighted by molar-refractivity contribution is 0.171. The van der Waals surface area contributed by atoms with Gasteiger partial charge in [0.25, 0.3) is 0 Å². The second-order valence-corrected chi connectivity index (χ2v) is 4.02. The predicted molar refractivity (Wildman–Crippen MR) is 65.7 cm³/mol. The molecule has 2 heterocycles. The fraction of sp³-hybridized carbons (Fsp3) is 0.308. The van der Waals surface area contributed by atoms with Gasteiger partial charge in [0, 0.05) is 12.0 Å². The van der Waals surface area contributed by atoms with E-state index >= 15 is 0 Å². The third-order valence-electron chi connectivity index (χ3n) is 2.83.